The second kappa shape index (κ2) is 6.34. The number of methoxy groups -OCH3 is 1. The molecule has 6 nitrogen and oxygen atoms in total. The summed E-state index contributed by atoms with van der Waals surface area (Å²) >= 11 is 7.37. The largest absolute Gasteiger partial charge is 0.469 e. The molecule has 0 unspecified atom stereocenters. The first-order chi connectivity index (χ1) is 12.1. The number of thiophene rings is 1. The zero-order valence-electron chi connectivity index (χ0n) is 13.0. The average molecular weight is 375 g/mol. The van der Waals surface area contributed by atoms with Crippen LogP contribution in [0.1, 0.15) is 5.69 Å². The molecule has 0 saturated carbocycles. The van der Waals surface area contributed by atoms with E-state index >= 15 is 0 Å². The van der Waals surface area contributed by atoms with Crippen molar-refractivity contribution in [1.29, 1.82) is 0 Å². The molecule has 4 rings (SSSR count). The van der Waals surface area contributed by atoms with Crippen LogP contribution in [0.25, 0.3) is 33.2 Å². The molecule has 4 aromatic heterocycles. The van der Waals surface area contributed by atoms with Crippen molar-refractivity contribution in [3.63, 3.8) is 0 Å². The number of ether oxygens (including phenoxy) is 1. The maximum atomic E-state index is 11.7. The molecule has 0 aliphatic rings. The van der Waals surface area contributed by atoms with E-state index in [0.717, 1.165) is 10.3 Å². The van der Waals surface area contributed by atoms with Crippen LogP contribution in [0.2, 0.25) is 4.34 Å². The van der Waals surface area contributed by atoms with Gasteiger partial charge in [-0.05, 0) is 24.3 Å². The van der Waals surface area contributed by atoms with Gasteiger partial charge in [0.25, 0.3) is 0 Å². The summed E-state index contributed by atoms with van der Waals surface area (Å²) in [6.07, 6.45) is 3.19. The Bertz CT molecular complexity index is 1070. The predicted octanol–water partition coefficient (Wildman–Crippen LogP) is 4.58. The van der Waals surface area contributed by atoms with Gasteiger partial charge in [-0.1, -0.05) is 11.6 Å². The Kier molecular flexibility index (Phi) is 4.03. The van der Waals surface area contributed by atoms with Crippen LogP contribution in [-0.2, 0) is 16.0 Å². The minimum Gasteiger partial charge on any atom is -0.469 e. The molecule has 0 aromatic carbocycles. The number of esters is 1. The number of oxazole rings is 1. The van der Waals surface area contributed by atoms with E-state index in [-0.39, 0.29) is 6.42 Å². The molecule has 0 spiro atoms. The van der Waals surface area contributed by atoms with E-state index in [4.69, 9.17) is 25.2 Å². The number of pyridine rings is 1. The van der Waals surface area contributed by atoms with Gasteiger partial charge in [0.1, 0.15) is 0 Å². The van der Waals surface area contributed by atoms with Gasteiger partial charge in [-0.2, -0.15) is 0 Å². The number of carbonyl (C=O) groups is 1. The fraction of sp³-hybridized carbons (Fsp3) is 0.118. The monoisotopic (exact) mass is 374 g/mol. The molecule has 0 fully saturated rings. The van der Waals surface area contributed by atoms with Crippen LogP contribution in [0.3, 0.4) is 0 Å². The molecular weight excluding hydrogens is 364 g/mol. The molecule has 0 aliphatic carbocycles. The summed E-state index contributed by atoms with van der Waals surface area (Å²) in [7, 11) is 1.34. The van der Waals surface area contributed by atoms with Crippen molar-refractivity contribution in [3.05, 3.63) is 46.8 Å². The first-order valence-electron chi connectivity index (χ1n) is 7.30. The Balaban J connectivity index is 1.81. The van der Waals surface area contributed by atoms with Gasteiger partial charge in [0, 0.05) is 11.6 Å². The van der Waals surface area contributed by atoms with Gasteiger partial charge in [-0.3, -0.25) is 4.79 Å². The van der Waals surface area contributed by atoms with Crippen molar-refractivity contribution in [2.75, 3.05) is 7.11 Å². The Labute approximate surface area is 151 Å². The maximum Gasteiger partial charge on any atom is 0.311 e. The maximum absolute atomic E-state index is 11.7. The molecule has 0 saturated heterocycles. The molecule has 0 N–H and O–H groups in total. The van der Waals surface area contributed by atoms with E-state index in [9.17, 15) is 4.79 Å². The number of fused-ring (bicyclic) bond motifs is 1. The zero-order valence-corrected chi connectivity index (χ0v) is 14.6. The number of carbonyl (C=O) groups excluding carboxylic acids is 1. The van der Waals surface area contributed by atoms with Crippen molar-refractivity contribution in [2.24, 2.45) is 0 Å². The Morgan fingerprint density at radius 1 is 1.36 bits per heavy atom. The Morgan fingerprint density at radius 2 is 2.24 bits per heavy atom. The molecule has 25 heavy (non-hydrogen) atoms. The van der Waals surface area contributed by atoms with Gasteiger partial charge in [0.15, 0.2) is 5.76 Å². The molecule has 4 aromatic rings. The lowest BCUT2D eigenvalue weighted by molar-refractivity contribution is -0.139. The minimum atomic E-state index is -0.396. The van der Waals surface area contributed by atoms with Crippen molar-refractivity contribution < 1.29 is 18.4 Å². The SMILES string of the molecule is COC(=O)Cc1nc(-c2cnc3occc3c2)oc1-c1ccc(Cl)s1. The molecule has 126 valence electrons. The van der Waals surface area contributed by atoms with E-state index in [0.29, 0.717) is 33.0 Å². The average Bonchev–Trinajstić information content (AvgIpc) is 3.33. The zero-order chi connectivity index (χ0) is 17.4. The van der Waals surface area contributed by atoms with Crippen molar-refractivity contribution in [2.45, 2.75) is 6.42 Å². The summed E-state index contributed by atoms with van der Waals surface area (Å²) in [5.74, 6) is 0.478. The highest BCUT2D eigenvalue weighted by Crippen LogP contribution is 2.36. The molecule has 0 aliphatic heterocycles. The molecule has 0 amide bonds. The van der Waals surface area contributed by atoms with Gasteiger partial charge in [0.05, 0.1) is 40.3 Å². The normalized spacial score (nSPS) is 11.1. The quantitative estimate of drug-likeness (QED) is 0.486. The second-order valence-corrected chi connectivity index (χ2v) is 6.91. The van der Waals surface area contributed by atoms with Crippen LogP contribution in [0.5, 0.6) is 0 Å². The minimum absolute atomic E-state index is 0.00619. The Hall–Kier alpha value is -2.64. The van der Waals surface area contributed by atoms with Crippen molar-refractivity contribution in [1.82, 2.24) is 9.97 Å². The topological polar surface area (TPSA) is 78.4 Å². The van der Waals surface area contributed by atoms with Gasteiger partial charge in [-0.25, -0.2) is 9.97 Å². The highest BCUT2D eigenvalue weighted by Gasteiger charge is 2.21. The van der Waals surface area contributed by atoms with Crippen LogP contribution in [0, 0.1) is 0 Å². The standard InChI is InChI=1S/C17H11ClN2O4S/c1-22-14(21)7-11-15(12-2-3-13(18)25-12)24-17(20-11)10-6-9-4-5-23-16(9)19-8-10/h2-6,8H,7H2,1H3. The fourth-order valence-electron chi connectivity index (χ4n) is 2.41. The first kappa shape index (κ1) is 15.9. The smallest absolute Gasteiger partial charge is 0.311 e. The Morgan fingerprint density at radius 3 is 3.00 bits per heavy atom. The fourth-order valence-corrected chi connectivity index (χ4v) is 3.46. The third kappa shape index (κ3) is 3.04. The predicted molar refractivity (Wildman–Crippen MR) is 93.5 cm³/mol. The summed E-state index contributed by atoms with van der Waals surface area (Å²) in [6, 6.07) is 7.27. The van der Waals surface area contributed by atoms with E-state index < -0.39 is 5.97 Å². The van der Waals surface area contributed by atoms with Crippen molar-refractivity contribution >= 4 is 40.0 Å². The van der Waals surface area contributed by atoms with Gasteiger partial charge in [0.2, 0.25) is 11.6 Å². The number of hydrogen-bond donors (Lipinski definition) is 0. The summed E-state index contributed by atoms with van der Waals surface area (Å²) in [5, 5.41) is 0.839. The number of rotatable bonds is 4. The summed E-state index contributed by atoms with van der Waals surface area (Å²) in [4.78, 5) is 21.2. The van der Waals surface area contributed by atoms with E-state index in [2.05, 4.69) is 9.97 Å². The first-order valence-corrected chi connectivity index (χ1v) is 8.49. The van der Waals surface area contributed by atoms with Crippen LogP contribution in [-0.4, -0.2) is 23.0 Å². The number of aromatic nitrogens is 2. The highest BCUT2D eigenvalue weighted by molar-refractivity contribution is 7.19. The summed E-state index contributed by atoms with van der Waals surface area (Å²) in [5.41, 5.74) is 1.72. The highest BCUT2D eigenvalue weighted by atomic mass is 35.5. The van der Waals surface area contributed by atoms with E-state index in [1.807, 2.05) is 18.2 Å². The van der Waals surface area contributed by atoms with E-state index in [1.54, 1.807) is 18.5 Å². The number of nitrogens with zero attached hydrogens (tertiary/aromatic N) is 2. The summed E-state index contributed by atoms with van der Waals surface area (Å²) < 4.78 is 16.5. The van der Waals surface area contributed by atoms with Gasteiger partial charge in [-0.15, -0.1) is 11.3 Å². The molecule has 0 radical (unpaired) electrons. The van der Waals surface area contributed by atoms with Crippen LogP contribution in [0.4, 0.5) is 0 Å². The molecular formula is C17H11ClN2O4S. The molecule has 8 heteroatoms. The van der Waals surface area contributed by atoms with Crippen LogP contribution >= 0.6 is 22.9 Å². The van der Waals surface area contributed by atoms with E-state index in [1.165, 1.54) is 18.4 Å². The van der Waals surface area contributed by atoms with Gasteiger partial charge < -0.3 is 13.6 Å². The lowest BCUT2D eigenvalue weighted by atomic mass is 10.2. The molecule has 0 atom stereocenters. The van der Waals surface area contributed by atoms with Crippen LogP contribution in [0.15, 0.2) is 45.6 Å². The number of furan rings is 1. The third-order valence-electron chi connectivity index (χ3n) is 3.59. The van der Waals surface area contributed by atoms with Crippen LogP contribution < -0.4 is 0 Å². The molecule has 4 heterocycles. The second-order valence-electron chi connectivity index (χ2n) is 5.19. The van der Waals surface area contributed by atoms with Gasteiger partial charge >= 0.3 is 5.97 Å². The third-order valence-corrected chi connectivity index (χ3v) is 4.82. The van der Waals surface area contributed by atoms with Crippen molar-refractivity contribution in [3.8, 4) is 22.1 Å². The summed E-state index contributed by atoms with van der Waals surface area (Å²) in [6.45, 7) is 0. The molecule has 0 bridgehead atoms. The lowest BCUT2D eigenvalue weighted by Crippen LogP contribution is -2.05. The lowest BCUT2D eigenvalue weighted by Gasteiger charge is -1.97. The number of hydrogen-bond acceptors (Lipinski definition) is 7. The number of halogens is 1.